The number of aliphatic hydroxyl groups excluding tert-OH is 1. The minimum Gasteiger partial charge on any atom is -0.545 e. The average Bonchev–Trinajstić information content (AvgIpc) is 2.35. The molecule has 0 saturated carbocycles. The first-order valence-corrected chi connectivity index (χ1v) is 5.19. The van der Waals surface area contributed by atoms with Gasteiger partial charge in [-0.2, -0.15) is 0 Å². The standard InChI is InChI=1S/C13H12O4.Na/c14-5-6-17-12-4-3-9-7-11(13(15)16)2-1-10(9)8-12;/h1-4,7-8,14H,5-6H2,(H,15,16);/q;+1/p-1. The number of aromatic carboxylic acids is 1. The van der Waals surface area contributed by atoms with Gasteiger partial charge in [0.25, 0.3) is 0 Å². The number of hydrogen-bond donors (Lipinski definition) is 1. The van der Waals surface area contributed by atoms with Gasteiger partial charge < -0.3 is 19.7 Å². The fraction of sp³-hybridized carbons (Fsp3) is 0.154. The van der Waals surface area contributed by atoms with Crippen molar-refractivity contribution >= 4 is 16.7 Å². The van der Waals surface area contributed by atoms with Crippen molar-refractivity contribution in [1.82, 2.24) is 0 Å². The van der Waals surface area contributed by atoms with Crippen LogP contribution in [-0.4, -0.2) is 24.3 Å². The third-order valence-corrected chi connectivity index (χ3v) is 2.41. The largest absolute Gasteiger partial charge is 1.00 e. The molecule has 0 bridgehead atoms. The smallest absolute Gasteiger partial charge is 0.545 e. The molecule has 0 atom stereocenters. The molecule has 0 radical (unpaired) electrons. The normalized spacial score (nSPS) is 9.83. The number of aliphatic hydroxyl groups is 1. The molecule has 2 rings (SSSR count). The summed E-state index contributed by atoms with van der Waals surface area (Å²) in [5.41, 5.74) is 0.154. The molecule has 0 aromatic heterocycles. The molecule has 5 heteroatoms. The second-order valence-electron chi connectivity index (χ2n) is 3.58. The number of carbonyl (C=O) groups is 1. The minimum absolute atomic E-state index is 0. The van der Waals surface area contributed by atoms with E-state index in [4.69, 9.17) is 9.84 Å². The summed E-state index contributed by atoms with van der Waals surface area (Å²) in [6.07, 6.45) is 0. The molecule has 0 spiro atoms. The van der Waals surface area contributed by atoms with Crippen LogP contribution in [0.15, 0.2) is 36.4 Å². The van der Waals surface area contributed by atoms with Crippen molar-refractivity contribution in [2.75, 3.05) is 13.2 Å². The van der Waals surface area contributed by atoms with E-state index in [0.717, 1.165) is 10.8 Å². The summed E-state index contributed by atoms with van der Waals surface area (Å²) in [4.78, 5) is 10.7. The third-order valence-electron chi connectivity index (χ3n) is 2.41. The number of ether oxygens (including phenoxy) is 1. The zero-order valence-corrected chi connectivity index (χ0v) is 12.1. The minimum atomic E-state index is -1.19. The molecule has 4 nitrogen and oxygen atoms in total. The maximum atomic E-state index is 10.7. The first kappa shape index (κ1) is 15.0. The Kier molecular flexibility index (Phi) is 5.62. The average molecular weight is 254 g/mol. The molecule has 0 saturated heterocycles. The molecular weight excluding hydrogens is 243 g/mol. The van der Waals surface area contributed by atoms with E-state index in [9.17, 15) is 9.90 Å². The summed E-state index contributed by atoms with van der Waals surface area (Å²) in [5.74, 6) is -0.541. The second-order valence-corrected chi connectivity index (χ2v) is 3.58. The van der Waals surface area contributed by atoms with Gasteiger partial charge in [-0.3, -0.25) is 0 Å². The van der Waals surface area contributed by atoms with E-state index in [1.807, 2.05) is 0 Å². The molecule has 88 valence electrons. The van der Waals surface area contributed by atoms with Crippen molar-refractivity contribution in [3.8, 4) is 5.75 Å². The summed E-state index contributed by atoms with van der Waals surface area (Å²) in [6, 6.07) is 10.1. The van der Waals surface area contributed by atoms with Gasteiger partial charge in [-0.05, 0) is 34.5 Å². The summed E-state index contributed by atoms with van der Waals surface area (Å²) in [7, 11) is 0. The first-order valence-electron chi connectivity index (χ1n) is 5.19. The van der Waals surface area contributed by atoms with Gasteiger partial charge in [0, 0.05) is 0 Å². The Balaban J connectivity index is 0.00000162. The molecule has 0 heterocycles. The monoisotopic (exact) mass is 254 g/mol. The van der Waals surface area contributed by atoms with Crippen LogP contribution in [0.4, 0.5) is 0 Å². The van der Waals surface area contributed by atoms with Gasteiger partial charge in [0.1, 0.15) is 12.4 Å². The number of carbonyl (C=O) groups excluding carboxylic acids is 1. The van der Waals surface area contributed by atoms with Crippen LogP contribution in [0.25, 0.3) is 10.8 Å². The molecule has 2 aromatic carbocycles. The molecule has 2 aromatic rings. The van der Waals surface area contributed by atoms with Gasteiger partial charge in [0.2, 0.25) is 0 Å². The zero-order chi connectivity index (χ0) is 12.3. The van der Waals surface area contributed by atoms with E-state index in [1.54, 1.807) is 30.3 Å². The van der Waals surface area contributed by atoms with Gasteiger partial charge >= 0.3 is 29.6 Å². The van der Waals surface area contributed by atoms with Crippen molar-refractivity contribution in [3.63, 3.8) is 0 Å². The van der Waals surface area contributed by atoms with Gasteiger partial charge in [-0.15, -0.1) is 0 Å². The maximum absolute atomic E-state index is 10.7. The molecule has 1 N–H and O–H groups in total. The van der Waals surface area contributed by atoms with Crippen LogP contribution in [0.1, 0.15) is 10.4 Å². The Labute approximate surface area is 126 Å². The number of benzene rings is 2. The first-order chi connectivity index (χ1) is 8.20. The molecule has 0 fully saturated rings. The second kappa shape index (κ2) is 6.75. The summed E-state index contributed by atoms with van der Waals surface area (Å²) >= 11 is 0. The Hall–Kier alpha value is -1.07. The number of fused-ring (bicyclic) bond motifs is 1. The topological polar surface area (TPSA) is 69.6 Å². The van der Waals surface area contributed by atoms with Crippen LogP contribution < -0.4 is 39.4 Å². The van der Waals surface area contributed by atoms with Crippen molar-refractivity contribution in [1.29, 1.82) is 0 Å². The predicted octanol–water partition coefficient (Wildman–Crippen LogP) is -2.42. The Morgan fingerprint density at radius 2 is 1.83 bits per heavy atom. The van der Waals surface area contributed by atoms with Gasteiger partial charge in [0.05, 0.1) is 12.6 Å². The van der Waals surface area contributed by atoms with Crippen molar-refractivity contribution in [2.45, 2.75) is 0 Å². The number of rotatable bonds is 4. The molecule has 0 amide bonds. The fourth-order valence-corrected chi connectivity index (χ4v) is 1.60. The maximum Gasteiger partial charge on any atom is 1.00 e. The molecule has 0 aliphatic rings. The molecular formula is C13H11NaO4. The van der Waals surface area contributed by atoms with Crippen LogP contribution in [0, 0.1) is 0 Å². The number of hydrogen-bond acceptors (Lipinski definition) is 4. The van der Waals surface area contributed by atoms with Crippen LogP contribution in [0.2, 0.25) is 0 Å². The molecule has 18 heavy (non-hydrogen) atoms. The predicted molar refractivity (Wildman–Crippen MR) is 60.9 cm³/mol. The van der Waals surface area contributed by atoms with Crippen LogP contribution in [0.3, 0.4) is 0 Å². The van der Waals surface area contributed by atoms with Crippen molar-refractivity contribution in [3.05, 3.63) is 42.0 Å². The van der Waals surface area contributed by atoms with E-state index in [-0.39, 0.29) is 48.3 Å². The molecule has 0 unspecified atom stereocenters. The Morgan fingerprint density at radius 3 is 2.50 bits per heavy atom. The summed E-state index contributed by atoms with van der Waals surface area (Å²) in [6.45, 7) is 0.199. The van der Waals surface area contributed by atoms with Crippen molar-refractivity contribution in [2.24, 2.45) is 0 Å². The zero-order valence-electron chi connectivity index (χ0n) is 10.1. The molecule has 0 aliphatic carbocycles. The quantitative estimate of drug-likeness (QED) is 0.616. The molecule has 0 aliphatic heterocycles. The van der Waals surface area contributed by atoms with E-state index in [1.165, 1.54) is 6.07 Å². The SMILES string of the molecule is O=C([O-])c1ccc2cc(OCCO)ccc2c1.[Na+]. The van der Waals surface area contributed by atoms with Crippen molar-refractivity contribution < 1.29 is 49.3 Å². The fourth-order valence-electron chi connectivity index (χ4n) is 1.60. The number of carboxylic acids is 1. The van der Waals surface area contributed by atoms with Gasteiger partial charge in [-0.25, -0.2) is 0 Å². The third kappa shape index (κ3) is 3.46. The number of carboxylic acid groups (broad SMARTS) is 1. The Bertz CT molecular complexity index is 554. The van der Waals surface area contributed by atoms with E-state index in [2.05, 4.69) is 0 Å². The van der Waals surface area contributed by atoms with E-state index >= 15 is 0 Å². The van der Waals surface area contributed by atoms with E-state index in [0.29, 0.717) is 5.75 Å². The van der Waals surface area contributed by atoms with Gasteiger partial charge in [-0.1, -0.05) is 18.2 Å². The summed E-state index contributed by atoms with van der Waals surface area (Å²) in [5, 5.41) is 21.0. The summed E-state index contributed by atoms with van der Waals surface area (Å²) < 4.78 is 5.26. The Morgan fingerprint density at radius 1 is 1.17 bits per heavy atom. The van der Waals surface area contributed by atoms with Crippen LogP contribution in [-0.2, 0) is 0 Å². The van der Waals surface area contributed by atoms with Crippen LogP contribution >= 0.6 is 0 Å². The van der Waals surface area contributed by atoms with Crippen LogP contribution in [0.5, 0.6) is 5.75 Å². The van der Waals surface area contributed by atoms with E-state index < -0.39 is 5.97 Å². The van der Waals surface area contributed by atoms with Gasteiger partial charge in [0.15, 0.2) is 0 Å².